The van der Waals surface area contributed by atoms with Gasteiger partial charge in [-0.3, -0.25) is 4.79 Å². The first-order chi connectivity index (χ1) is 16.0. The van der Waals surface area contributed by atoms with Gasteiger partial charge in [0.25, 0.3) is 5.91 Å². The number of pyridine rings is 1. The van der Waals surface area contributed by atoms with Crippen LogP contribution >= 0.6 is 0 Å². The average molecular weight is 451 g/mol. The Morgan fingerprint density at radius 3 is 2.42 bits per heavy atom. The fourth-order valence-corrected chi connectivity index (χ4v) is 4.32. The minimum Gasteiger partial charge on any atom is -0.354 e. The van der Waals surface area contributed by atoms with E-state index in [2.05, 4.69) is 27.1 Å². The molecule has 2 aliphatic rings. The van der Waals surface area contributed by atoms with E-state index in [0.29, 0.717) is 38.3 Å². The topological polar surface area (TPSA) is 72.0 Å². The molecule has 3 heterocycles. The average Bonchev–Trinajstić information content (AvgIpc) is 3.09. The predicted molar refractivity (Wildman–Crippen MR) is 129 cm³/mol. The monoisotopic (exact) mass is 450 g/mol. The number of hydrogen-bond donors (Lipinski definition) is 1. The number of nitrogens with zero attached hydrogens (tertiary/aromatic N) is 5. The zero-order valence-corrected chi connectivity index (χ0v) is 19.7. The molecule has 0 spiro atoms. The molecule has 3 amide bonds. The van der Waals surface area contributed by atoms with Crippen molar-refractivity contribution >= 4 is 17.8 Å². The summed E-state index contributed by atoms with van der Waals surface area (Å²) in [6.45, 7) is 8.87. The zero-order valence-electron chi connectivity index (χ0n) is 19.7. The second-order valence-electron chi connectivity index (χ2n) is 8.98. The molecule has 33 heavy (non-hydrogen) atoms. The lowest BCUT2D eigenvalue weighted by Gasteiger charge is -2.33. The summed E-state index contributed by atoms with van der Waals surface area (Å²) in [4.78, 5) is 38.4. The maximum atomic E-state index is 12.8. The van der Waals surface area contributed by atoms with Crippen molar-refractivity contribution in [2.24, 2.45) is 0 Å². The Morgan fingerprint density at radius 1 is 0.939 bits per heavy atom. The summed E-state index contributed by atoms with van der Waals surface area (Å²) < 4.78 is 0. The smallest absolute Gasteiger partial charge is 0.317 e. The van der Waals surface area contributed by atoms with E-state index in [9.17, 15) is 9.59 Å². The Labute approximate surface area is 196 Å². The number of likely N-dealkylation sites (N-methyl/N-ethyl adjacent to an activating group) is 1. The van der Waals surface area contributed by atoms with Crippen LogP contribution in [0.4, 0.5) is 10.6 Å². The van der Waals surface area contributed by atoms with E-state index in [1.165, 1.54) is 0 Å². The Hall–Kier alpha value is -3.13. The lowest BCUT2D eigenvalue weighted by molar-refractivity contribution is 0.0762. The molecule has 0 bridgehead atoms. The summed E-state index contributed by atoms with van der Waals surface area (Å²) in [6, 6.07) is 11.6. The first-order valence-electron chi connectivity index (χ1n) is 11.8. The number of piperazine rings is 1. The molecular weight excluding hydrogens is 416 g/mol. The van der Waals surface area contributed by atoms with E-state index in [4.69, 9.17) is 0 Å². The molecule has 2 aliphatic heterocycles. The number of hydrogen-bond acceptors (Lipinski definition) is 5. The fourth-order valence-electron chi connectivity index (χ4n) is 4.32. The summed E-state index contributed by atoms with van der Waals surface area (Å²) in [5, 5.41) is 3.01. The summed E-state index contributed by atoms with van der Waals surface area (Å²) >= 11 is 0. The second kappa shape index (κ2) is 10.7. The summed E-state index contributed by atoms with van der Waals surface area (Å²) in [7, 11) is 2.14. The molecule has 0 aliphatic carbocycles. The summed E-state index contributed by atoms with van der Waals surface area (Å²) in [5.41, 5.74) is 2.76. The van der Waals surface area contributed by atoms with Crippen molar-refractivity contribution in [1.29, 1.82) is 0 Å². The lowest BCUT2D eigenvalue weighted by atomic mass is 10.1. The van der Waals surface area contributed by atoms with Crippen LogP contribution in [0.25, 0.3) is 0 Å². The maximum absolute atomic E-state index is 12.8. The second-order valence-corrected chi connectivity index (χ2v) is 8.98. The van der Waals surface area contributed by atoms with Crippen LogP contribution in [0, 0.1) is 6.92 Å². The number of carbonyl (C=O) groups is 2. The van der Waals surface area contributed by atoms with Gasteiger partial charge in [0.1, 0.15) is 5.82 Å². The number of rotatable bonds is 4. The molecule has 1 aromatic carbocycles. The predicted octanol–water partition coefficient (Wildman–Crippen LogP) is 2.20. The van der Waals surface area contributed by atoms with Crippen molar-refractivity contribution in [1.82, 2.24) is 25.0 Å². The molecule has 1 N–H and O–H groups in total. The molecule has 2 aromatic rings. The molecule has 176 valence electrons. The van der Waals surface area contributed by atoms with Crippen molar-refractivity contribution in [2.75, 3.05) is 64.3 Å². The molecule has 0 saturated carbocycles. The lowest BCUT2D eigenvalue weighted by Crippen LogP contribution is -2.44. The highest BCUT2D eigenvalue weighted by molar-refractivity contribution is 5.94. The normalized spacial score (nSPS) is 17.6. The number of urea groups is 1. The van der Waals surface area contributed by atoms with Crippen molar-refractivity contribution in [3.63, 3.8) is 0 Å². The Balaban J connectivity index is 1.25. The molecule has 2 saturated heterocycles. The van der Waals surface area contributed by atoms with Crippen LogP contribution in [0.2, 0.25) is 0 Å². The standard InChI is InChI=1S/C25H34N6O2/c1-20-5-3-6-22(17-20)24(32)30-9-4-10-31(16-15-30)25(33)27-19-21-7-8-23(26-18-21)29-13-11-28(2)12-14-29/h3,5-8,17-18H,4,9-16,19H2,1-2H3,(H,27,33). The first kappa shape index (κ1) is 23.0. The molecule has 8 heteroatoms. The van der Waals surface area contributed by atoms with E-state index in [-0.39, 0.29) is 11.9 Å². The third-order valence-corrected chi connectivity index (χ3v) is 6.42. The highest BCUT2D eigenvalue weighted by Gasteiger charge is 2.23. The summed E-state index contributed by atoms with van der Waals surface area (Å²) in [6.07, 6.45) is 2.62. The van der Waals surface area contributed by atoms with E-state index >= 15 is 0 Å². The molecule has 0 atom stereocenters. The van der Waals surface area contributed by atoms with Crippen LogP contribution in [0.5, 0.6) is 0 Å². The fraction of sp³-hybridized carbons (Fsp3) is 0.480. The highest BCUT2D eigenvalue weighted by atomic mass is 16.2. The zero-order chi connectivity index (χ0) is 23.2. The Bertz CT molecular complexity index is 956. The maximum Gasteiger partial charge on any atom is 0.317 e. The van der Waals surface area contributed by atoms with Crippen LogP contribution in [0.1, 0.15) is 27.9 Å². The van der Waals surface area contributed by atoms with E-state index in [0.717, 1.165) is 49.5 Å². The van der Waals surface area contributed by atoms with Gasteiger partial charge in [0.2, 0.25) is 0 Å². The quantitative estimate of drug-likeness (QED) is 0.773. The number of nitrogens with one attached hydrogen (secondary N) is 1. The van der Waals surface area contributed by atoms with Gasteiger partial charge in [-0.1, -0.05) is 23.8 Å². The molecule has 4 rings (SSSR count). The first-order valence-corrected chi connectivity index (χ1v) is 11.8. The third-order valence-electron chi connectivity index (χ3n) is 6.42. The third kappa shape index (κ3) is 6.01. The molecule has 0 radical (unpaired) electrons. The molecule has 0 unspecified atom stereocenters. The minimum absolute atomic E-state index is 0.0347. The van der Waals surface area contributed by atoms with Crippen LogP contribution in [-0.4, -0.2) is 91.0 Å². The number of anilines is 1. The molecule has 1 aromatic heterocycles. The van der Waals surface area contributed by atoms with E-state index < -0.39 is 0 Å². The van der Waals surface area contributed by atoms with E-state index in [1.54, 1.807) is 4.90 Å². The van der Waals surface area contributed by atoms with Crippen molar-refractivity contribution in [3.8, 4) is 0 Å². The van der Waals surface area contributed by atoms with Gasteiger partial charge < -0.3 is 24.9 Å². The van der Waals surface area contributed by atoms with Crippen molar-refractivity contribution in [3.05, 3.63) is 59.3 Å². The van der Waals surface area contributed by atoms with Crippen molar-refractivity contribution < 1.29 is 9.59 Å². The van der Waals surface area contributed by atoms with Crippen molar-refractivity contribution in [2.45, 2.75) is 19.9 Å². The van der Waals surface area contributed by atoms with Crippen LogP contribution in [-0.2, 0) is 6.54 Å². The molecule has 8 nitrogen and oxygen atoms in total. The van der Waals surface area contributed by atoms with Gasteiger partial charge in [0, 0.05) is 70.7 Å². The van der Waals surface area contributed by atoms with Gasteiger partial charge >= 0.3 is 6.03 Å². The van der Waals surface area contributed by atoms with Gasteiger partial charge in [0.05, 0.1) is 0 Å². The number of benzene rings is 1. The summed E-state index contributed by atoms with van der Waals surface area (Å²) in [5.74, 6) is 1.02. The number of aryl methyl sites for hydroxylation is 1. The SMILES string of the molecule is Cc1cccc(C(=O)N2CCCN(C(=O)NCc3ccc(N4CCN(C)CC4)nc3)CC2)c1. The van der Waals surface area contributed by atoms with Crippen LogP contribution in [0.3, 0.4) is 0 Å². The van der Waals surface area contributed by atoms with Gasteiger partial charge in [-0.25, -0.2) is 9.78 Å². The van der Waals surface area contributed by atoms with Crippen LogP contribution < -0.4 is 10.2 Å². The molecule has 2 fully saturated rings. The molecular formula is C25H34N6O2. The Kier molecular flexibility index (Phi) is 7.44. The Morgan fingerprint density at radius 2 is 1.70 bits per heavy atom. The van der Waals surface area contributed by atoms with E-state index in [1.807, 2.05) is 54.4 Å². The van der Waals surface area contributed by atoms with Crippen LogP contribution in [0.15, 0.2) is 42.6 Å². The van der Waals surface area contributed by atoms with Gasteiger partial charge in [0.15, 0.2) is 0 Å². The minimum atomic E-state index is -0.0944. The largest absolute Gasteiger partial charge is 0.354 e. The van der Waals surface area contributed by atoms with Gasteiger partial charge in [-0.2, -0.15) is 0 Å². The highest BCUT2D eigenvalue weighted by Crippen LogP contribution is 2.14. The van der Waals surface area contributed by atoms with Gasteiger partial charge in [-0.05, 0) is 44.2 Å². The number of aromatic nitrogens is 1. The number of carbonyl (C=O) groups excluding carboxylic acids is 2. The van der Waals surface area contributed by atoms with Gasteiger partial charge in [-0.15, -0.1) is 0 Å². The number of amides is 3.